The highest BCUT2D eigenvalue weighted by molar-refractivity contribution is 5.55. The second-order valence-corrected chi connectivity index (χ2v) is 14.9. The summed E-state index contributed by atoms with van der Waals surface area (Å²) in [5.74, 6) is 1.54. The third kappa shape index (κ3) is 8.11. The molecule has 4 aromatic rings. The quantitative estimate of drug-likeness (QED) is 0.238. The molecular formula is C31H47N9O3. The summed E-state index contributed by atoms with van der Waals surface area (Å²) >= 11 is 0. The third-order valence-electron chi connectivity index (χ3n) is 6.69. The Balaban J connectivity index is 1.68. The fourth-order valence-corrected chi connectivity index (χ4v) is 3.89. The molecule has 0 aliphatic heterocycles. The van der Waals surface area contributed by atoms with E-state index in [1.54, 1.807) is 0 Å². The van der Waals surface area contributed by atoms with Gasteiger partial charge in [-0.05, 0) is 85.4 Å². The lowest BCUT2D eigenvalue weighted by atomic mass is 9.86. The first-order valence-corrected chi connectivity index (χ1v) is 14.6. The minimum atomic E-state index is -0.197. The van der Waals surface area contributed by atoms with Crippen LogP contribution in [0.1, 0.15) is 106 Å². The topological polar surface area (TPSA) is 120 Å². The van der Waals surface area contributed by atoms with Gasteiger partial charge in [-0.1, -0.05) is 36.4 Å². The molecule has 0 aliphatic rings. The van der Waals surface area contributed by atoms with Crippen molar-refractivity contribution < 1.29 is 14.2 Å². The average molecular weight is 594 g/mol. The highest BCUT2D eigenvalue weighted by Crippen LogP contribution is 2.43. The Kier molecular flexibility index (Phi) is 8.63. The van der Waals surface area contributed by atoms with E-state index < -0.39 is 0 Å². The van der Waals surface area contributed by atoms with E-state index in [1.165, 1.54) is 0 Å². The molecule has 0 bridgehead atoms. The number of rotatable bonds is 9. The Bertz CT molecular complexity index is 1450. The van der Waals surface area contributed by atoms with Crippen molar-refractivity contribution in [3.8, 4) is 17.2 Å². The van der Waals surface area contributed by atoms with Crippen molar-refractivity contribution in [3.05, 3.63) is 53.4 Å². The van der Waals surface area contributed by atoms with Crippen LogP contribution in [0.4, 0.5) is 0 Å². The van der Waals surface area contributed by atoms with Crippen molar-refractivity contribution in [1.82, 2.24) is 45.0 Å². The molecule has 0 saturated carbocycles. The summed E-state index contributed by atoms with van der Waals surface area (Å²) in [5, 5.41) is 25.8. The highest BCUT2D eigenvalue weighted by atomic mass is 16.5. The van der Waals surface area contributed by atoms with Gasteiger partial charge in [0.15, 0.2) is 11.5 Å². The molecule has 0 amide bonds. The van der Waals surface area contributed by atoms with Crippen LogP contribution in [0.2, 0.25) is 0 Å². The number of benzene rings is 1. The van der Waals surface area contributed by atoms with Crippen LogP contribution in [0.15, 0.2) is 30.7 Å². The summed E-state index contributed by atoms with van der Waals surface area (Å²) in [4.78, 5) is 0. The van der Waals surface area contributed by atoms with E-state index in [0.29, 0.717) is 34.3 Å². The summed E-state index contributed by atoms with van der Waals surface area (Å²) < 4.78 is 24.6. The number of hydrogen-bond acceptors (Lipinski definition) is 9. The molecule has 43 heavy (non-hydrogen) atoms. The van der Waals surface area contributed by atoms with Crippen LogP contribution in [0.3, 0.4) is 0 Å². The van der Waals surface area contributed by atoms with E-state index in [0.717, 1.165) is 5.56 Å². The minimum Gasteiger partial charge on any atom is -0.483 e. The second-order valence-electron chi connectivity index (χ2n) is 14.9. The molecule has 234 valence electrons. The van der Waals surface area contributed by atoms with Gasteiger partial charge in [0.25, 0.3) is 0 Å². The van der Waals surface area contributed by atoms with Crippen molar-refractivity contribution in [1.29, 1.82) is 0 Å². The average Bonchev–Trinajstić information content (AvgIpc) is 3.64. The van der Waals surface area contributed by atoms with Gasteiger partial charge in [-0.3, -0.25) is 0 Å². The van der Waals surface area contributed by atoms with Crippen LogP contribution >= 0.6 is 0 Å². The summed E-state index contributed by atoms with van der Waals surface area (Å²) in [5.41, 5.74) is 2.37. The summed E-state index contributed by atoms with van der Waals surface area (Å²) in [6.45, 7) is 25.7. The summed E-state index contributed by atoms with van der Waals surface area (Å²) in [7, 11) is 0. The monoisotopic (exact) mass is 593 g/mol. The highest BCUT2D eigenvalue weighted by Gasteiger charge is 2.24. The molecule has 0 atom stereocenters. The first kappa shape index (κ1) is 32.0. The molecule has 4 rings (SSSR count). The number of ether oxygens (including phenoxy) is 3. The van der Waals surface area contributed by atoms with Gasteiger partial charge in [-0.15, -0.1) is 15.3 Å². The SMILES string of the molecule is CC(C)(C)c1cc(OCc2cn(C(C)(C)C)nn2)c(OCc2cn(C(C)(C)C)nn2)c(OCc2cn(C(C)(C)C)nn2)c1. The fraction of sp³-hybridized carbons (Fsp3) is 0.613. The zero-order valence-corrected chi connectivity index (χ0v) is 27.8. The van der Waals surface area contributed by atoms with Crippen molar-refractivity contribution >= 4 is 0 Å². The lowest BCUT2D eigenvalue weighted by molar-refractivity contribution is 0.225. The van der Waals surface area contributed by atoms with E-state index in [-0.39, 0.29) is 41.9 Å². The van der Waals surface area contributed by atoms with Gasteiger partial charge in [0.2, 0.25) is 5.75 Å². The van der Waals surface area contributed by atoms with Gasteiger partial charge in [-0.25, -0.2) is 14.0 Å². The Morgan fingerprint density at radius 3 is 1.12 bits per heavy atom. The van der Waals surface area contributed by atoms with Crippen LogP contribution in [0.25, 0.3) is 0 Å². The largest absolute Gasteiger partial charge is 0.483 e. The molecule has 0 radical (unpaired) electrons. The van der Waals surface area contributed by atoms with Gasteiger partial charge < -0.3 is 14.2 Å². The summed E-state index contributed by atoms with van der Waals surface area (Å²) in [6, 6.07) is 4.00. The molecule has 3 aromatic heterocycles. The molecule has 12 heteroatoms. The minimum absolute atomic E-state index is 0.179. The maximum atomic E-state index is 6.40. The predicted molar refractivity (Wildman–Crippen MR) is 163 cm³/mol. The van der Waals surface area contributed by atoms with Gasteiger partial charge in [0.05, 0.1) is 35.2 Å². The smallest absolute Gasteiger partial charge is 0.204 e. The maximum Gasteiger partial charge on any atom is 0.204 e. The van der Waals surface area contributed by atoms with Crippen LogP contribution in [-0.4, -0.2) is 45.0 Å². The molecule has 12 nitrogen and oxygen atoms in total. The van der Waals surface area contributed by atoms with Crippen LogP contribution in [-0.2, 0) is 41.9 Å². The molecule has 0 saturated heterocycles. The Morgan fingerprint density at radius 2 is 0.837 bits per heavy atom. The van der Waals surface area contributed by atoms with Crippen molar-refractivity contribution in [2.75, 3.05) is 0 Å². The molecule has 0 N–H and O–H groups in total. The number of aromatic nitrogens is 9. The lowest BCUT2D eigenvalue weighted by Crippen LogP contribution is -2.22. The Morgan fingerprint density at radius 1 is 0.512 bits per heavy atom. The molecule has 3 heterocycles. The molecule has 0 spiro atoms. The maximum absolute atomic E-state index is 6.40. The van der Waals surface area contributed by atoms with E-state index >= 15 is 0 Å². The lowest BCUT2D eigenvalue weighted by Gasteiger charge is -2.24. The molecule has 1 aromatic carbocycles. The first-order chi connectivity index (χ1) is 19.8. The van der Waals surface area contributed by atoms with Crippen molar-refractivity contribution in [2.45, 2.75) is 125 Å². The normalized spacial score (nSPS) is 12.9. The van der Waals surface area contributed by atoms with E-state index in [2.05, 4.69) is 114 Å². The second kappa shape index (κ2) is 11.6. The number of nitrogens with zero attached hydrogens (tertiary/aromatic N) is 9. The van der Waals surface area contributed by atoms with Crippen molar-refractivity contribution in [2.24, 2.45) is 0 Å². The molecular weight excluding hydrogens is 546 g/mol. The van der Waals surface area contributed by atoms with Gasteiger partial charge in [-0.2, -0.15) is 0 Å². The standard InChI is InChI=1S/C31H47N9O3/c1-28(2,3)21-13-25(41-18-22-15-38(35-32-22)29(4,5)6)27(43-20-24-17-40(37-34-24)31(10,11)12)26(14-21)42-19-23-16-39(36-33-23)30(7,8)9/h13-17H,18-20H2,1-12H3. The van der Waals surface area contributed by atoms with E-state index in [9.17, 15) is 0 Å². The predicted octanol–water partition coefficient (Wildman–Crippen LogP) is 5.76. The number of hydrogen-bond donors (Lipinski definition) is 0. The van der Waals surface area contributed by atoms with E-state index in [1.807, 2.05) is 44.8 Å². The molecule has 0 aliphatic carbocycles. The van der Waals surface area contributed by atoms with E-state index in [4.69, 9.17) is 14.2 Å². The van der Waals surface area contributed by atoms with Crippen LogP contribution < -0.4 is 14.2 Å². The fourth-order valence-electron chi connectivity index (χ4n) is 3.89. The Hall–Kier alpha value is -3.96. The van der Waals surface area contributed by atoms with Gasteiger partial charge in [0.1, 0.15) is 36.9 Å². The zero-order valence-electron chi connectivity index (χ0n) is 27.8. The van der Waals surface area contributed by atoms with Crippen LogP contribution in [0, 0.1) is 0 Å². The zero-order chi connectivity index (χ0) is 31.8. The molecule has 0 fully saturated rings. The van der Waals surface area contributed by atoms with Crippen molar-refractivity contribution in [3.63, 3.8) is 0 Å². The van der Waals surface area contributed by atoms with Gasteiger partial charge in [0, 0.05) is 0 Å². The van der Waals surface area contributed by atoms with Gasteiger partial charge >= 0.3 is 0 Å². The Labute approximate surface area is 254 Å². The van der Waals surface area contributed by atoms with Crippen LogP contribution in [0.5, 0.6) is 17.2 Å². The molecule has 0 unspecified atom stereocenters. The summed E-state index contributed by atoms with van der Waals surface area (Å²) in [6.07, 6.45) is 5.68. The third-order valence-corrected chi connectivity index (χ3v) is 6.69. The first-order valence-electron chi connectivity index (χ1n) is 14.6.